The van der Waals surface area contributed by atoms with Crippen molar-refractivity contribution in [2.45, 2.75) is 13.5 Å². The van der Waals surface area contributed by atoms with Crippen LogP contribution in [-0.4, -0.2) is 17.5 Å². The highest BCUT2D eigenvalue weighted by atomic mass is 35.5. The van der Waals surface area contributed by atoms with Gasteiger partial charge in [0.05, 0.1) is 21.8 Å². The van der Waals surface area contributed by atoms with Gasteiger partial charge in [-0.05, 0) is 47.0 Å². The SMILES string of the molecule is Cc1ccc(Cl)c2sc(N(Cc3ccccc3)C(=O)COc3ccc4ccccc4c3)nc12. The highest BCUT2D eigenvalue weighted by Gasteiger charge is 2.22. The Kier molecular flexibility index (Phi) is 5.99. The third kappa shape index (κ3) is 4.56. The Hall–Kier alpha value is -3.41. The van der Waals surface area contributed by atoms with Crippen molar-refractivity contribution in [2.75, 3.05) is 11.5 Å². The molecule has 33 heavy (non-hydrogen) atoms. The third-order valence-corrected chi connectivity index (χ3v) is 7.02. The summed E-state index contributed by atoms with van der Waals surface area (Å²) in [5, 5.41) is 3.44. The average molecular weight is 473 g/mol. The second kappa shape index (κ2) is 9.22. The number of ether oxygens (including phenoxy) is 1. The van der Waals surface area contributed by atoms with Gasteiger partial charge in [-0.3, -0.25) is 9.69 Å². The summed E-state index contributed by atoms with van der Waals surface area (Å²) in [6.45, 7) is 2.30. The summed E-state index contributed by atoms with van der Waals surface area (Å²) in [6, 6.07) is 27.6. The molecular weight excluding hydrogens is 452 g/mol. The standard InChI is InChI=1S/C27H21ClN2O2S/c1-18-11-14-23(28)26-25(18)29-27(33-26)30(16-19-7-3-2-4-8-19)24(31)17-32-22-13-12-20-9-5-6-10-21(20)15-22/h2-15H,16-17H2,1H3. The molecule has 0 aliphatic heterocycles. The summed E-state index contributed by atoms with van der Waals surface area (Å²) in [5.41, 5.74) is 2.86. The molecule has 5 aromatic rings. The van der Waals surface area contributed by atoms with Gasteiger partial charge in [-0.15, -0.1) is 0 Å². The molecule has 4 aromatic carbocycles. The van der Waals surface area contributed by atoms with Crippen LogP contribution in [0, 0.1) is 6.92 Å². The molecule has 1 aromatic heterocycles. The minimum Gasteiger partial charge on any atom is -0.484 e. The first-order chi connectivity index (χ1) is 16.1. The Morgan fingerprint density at radius 2 is 1.73 bits per heavy atom. The highest BCUT2D eigenvalue weighted by Crippen LogP contribution is 2.36. The molecule has 0 unspecified atom stereocenters. The number of aromatic nitrogens is 1. The van der Waals surface area contributed by atoms with Crippen LogP contribution in [0.25, 0.3) is 21.0 Å². The second-order valence-corrected chi connectivity index (χ2v) is 9.19. The number of aryl methyl sites for hydroxylation is 1. The molecule has 0 bridgehead atoms. The highest BCUT2D eigenvalue weighted by molar-refractivity contribution is 7.23. The van der Waals surface area contributed by atoms with E-state index in [0.29, 0.717) is 22.4 Å². The van der Waals surface area contributed by atoms with Crippen molar-refractivity contribution in [2.24, 2.45) is 0 Å². The maximum atomic E-state index is 13.4. The van der Waals surface area contributed by atoms with Gasteiger partial charge in [0, 0.05) is 0 Å². The summed E-state index contributed by atoms with van der Waals surface area (Å²) >= 11 is 7.84. The van der Waals surface area contributed by atoms with Crippen molar-refractivity contribution in [1.29, 1.82) is 0 Å². The molecule has 164 valence electrons. The van der Waals surface area contributed by atoms with Gasteiger partial charge < -0.3 is 4.74 Å². The first-order valence-corrected chi connectivity index (χ1v) is 11.8. The normalized spacial score (nSPS) is 11.1. The van der Waals surface area contributed by atoms with E-state index in [2.05, 4.69) is 0 Å². The molecule has 0 saturated heterocycles. The van der Waals surface area contributed by atoms with Crippen LogP contribution in [-0.2, 0) is 11.3 Å². The number of halogens is 1. The Morgan fingerprint density at radius 3 is 2.52 bits per heavy atom. The van der Waals surface area contributed by atoms with Gasteiger partial charge in [-0.1, -0.05) is 89.7 Å². The number of nitrogens with zero attached hydrogens (tertiary/aromatic N) is 2. The molecule has 5 rings (SSSR count). The number of anilines is 1. The number of hydrogen-bond acceptors (Lipinski definition) is 4. The molecule has 0 N–H and O–H groups in total. The number of carbonyl (C=O) groups excluding carboxylic acids is 1. The van der Waals surface area contributed by atoms with Crippen molar-refractivity contribution in [3.8, 4) is 5.75 Å². The summed E-state index contributed by atoms with van der Waals surface area (Å²) < 4.78 is 6.78. The van der Waals surface area contributed by atoms with E-state index in [1.54, 1.807) is 4.90 Å². The second-order valence-electron chi connectivity index (χ2n) is 7.80. The number of fused-ring (bicyclic) bond motifs is 2. The van der Waals surface area contributed by atoms with E-state index in [1.807, 2.05) is 91.9 Å². The summed E-state index contributed by atoms with van der Waals surface area (Å²) in [5.74, 6) is 0.491. The van der Waals surface area contributed by atoms with Crippen molar-refractivity contribution in [3.05, 3.63) is 101 Å². The maximum Gasteiger partial charge on any atom is 0.267 e. The van der Waals surface area contributed by atoms with E-state index in [0.717, 1.165) is 32.1 Å². The number of amides is 1. The van der Waals surface area contributed by atoms with Gasteiger partial charge in [0.15, 0.2) is 11.7 Å². The molecule has 0 aliphatic carbocycles. The van der Waals surface area contributed by atoms with Crippen LogP contribution in [0.1, 0.15) is 11.1 Å². The Labute approximate surface area is 201 Å². The smallest absolute Gasteiger partial charge is 0.267 e. The van der Waals surface area contributed by atoms with Crippen molar-refractivity contribution in [1.82, 2.24) is 4.98 Å². The first-order valence-electron chi connectivity index (χ1n) is 10.6. The maximum absolute atomic E-state index is 13.4. The molecule has 0 spiro atoms. The predicted octanol–water partition coefficient (Wildman–Crippen LogP) is 7.02. The molecule has 0 aliphatic rings. The molecule has 0 atom stereocenters. The number of benzene rings is 4. The van der Waals surface area contributed by atoms with E-state index >= 15 is 0 Å². The van der Waals surface area contributed by atoms with E-state index in [4.69, 9.17) is 21.3 Å². The number of carbonyl (C=O) groups is 1. The Morgan fingerprint density at radius 1 is 0.970 bits per heavy atom. The van der Waals surface area contributed by atoms with Gasteiger partial charge in [-0.2, -0.15) is 0 Å². The van der Waals surface area contributed by atoms with Crippen LogP contribution in [0.2, 0.25) is 5.02 Å². The van der Waals surface area contributed by atoms with Crippen LogP contribution < -0.4 is 9.64 Å². The van der Waals surface area contributed by atoms with Gasteiger partial charge in [0.2, 0.25) is 0 Å². The first kappa shape index (κ1) is 21.4. The van der Waals surface area contributed by atoms with Crippen LogP contribution >= 0.6 is 22.9 Å². The van der Waals surface area contributed by atoms with E-state index in [9.17, 15) is 4.79 Å². The molecule has 1 amide bonds. The lowest BCUT2D eigenvalue weighted by Gasteiger charge is -2.20. The lowest BCUT2D eigenvalue weighted by Crippen LogP contribution is -2.34. The monoisotopic (exact) mass is 472 g/mol. The number of rotatable bonds is 6. The molecule has 1 heterocycles. The van der Waals surface area contributed by atoms with Gasteiger partial charge in [-0.25, -0.2) is 4.98 Å². The van der Waals surface area contributed by atoms with E-state index < -0.39 is 0 Å². The number of hydrogen-bond donors (Lipinski definition) is 0. The molecular formula is C27H21ClN2O2S. The molecule has 0 saturated carbocycles. The van der Waals surface area contributed by atoms with E-state index in [1.165, 1.54) is 11.3 Å². The van der Waals surface area contributed by atoms with Gasteiger partial charge in [0.1, 0.15) is 5.75 Å². The van der Waals surface area contributed by atoms with Crippen LogP contribution in [0.4, 0.5) is 5.13 Å². The number of thiazole rings is 1. The molecule has 6 heteroatoms. The molecule has 4 nitrogen and oxygen atoms in total. The van der Waals surface area contributed by atoms with Gasteiger partial charge in [0.25, 0.3) is 5.91 Å². The average Bonchev–Trinajstić information content (AvgIpc) is 3.30. The summed E-state index contributed by atoms with van der Waals surface area (Å²) in [4.78, 5) is 19.8. The summed E-state index contributed by atoms with van der Waals surface area (Å²) in [6.07, 6.45) is 0. The zero-order valence-corrected chi connectivity index (χ0v) is 19.6. The largest absolute Gasteiger partial charge is 0.484 e. The Bertz CT molecular complexity index is 1410. The quantitative estimate of drug-likeness (QED) is 0.266. The van der Waals surface area contributed by atoms with Crippen LogP contribution in [0.15, 0.2) is 84.9 Å². The van der Waals surface area contributed by atoms with Crippen molar-refractivity contribution in [3.63, 3.8) is 0 Å². The molecule has 0 fully saturated rings. The summed E-state index contributed by atoms with van der Waals surface area (Å²) in [7, 11) is 0. The zero-order chi connectivity index (χ0) is 22.8. The Balaban J connectivity index is 1.44. The molecule has 0 radical (unpaired) electrons. The van der Waals surface area contributed by atoms with Crippen molar-refractivity contribution >= 4 is 55.0 Å². The minimum absolute atomic E-state index is 0.0895. The lowest BCUT2D eigenvalue weighted by molar-refractivity contribution is -0.120. The van der Waals surface area contributed by atoms with Crippen LogP contribution in [0.5, 0.6) is 5.75 Å². The predicted molar refractivity (Wildman–Crippen MR) is 136 cm³/mol. The fourth-order valence-corrected chi connectivity index (χ4v) is 5.05. The van der Waals surface area contributed by atoms with Crippen LogP contribution in [0.3, 0.4) is 0 Å². The zero-order valence-electron chi connectivity index (χ0n) is 18.0. The minimum atomic E-state index is -0.167. The van der Waals surface area contributed by atoms with E-state index in [-0.39, 0.29) is 12.5 Å². The fourth-order valence-electron chi connectivity index (χ4n) is 3.71. The lowest BCUT2D eigenvalue weighted by atomic mass is 10.1. The van der Waals surface area contributed by atoms with Gasteiger partial charge >= 0.3 is 0 Å². The van der Waals surface area contributed by atoms with Crippen molar-refractivity contribution < 1.29 is 9.53 Å². The fraction of sp³-hybridized carbons (Fsp3) is 0.111. The topological polar surface area (TPSA) is 42.4 Å². The third-order valence-electron chi connectivity index (χ3n) is 5.48.